The van der Waals surface area contributed by atoms with E-state index in [1.54, 1.807) is 17.8 Å². The maximum atomic E-state index is 11.6. The third-order valence-corrected chi connectivity index (χ3v) is 5.68. The van der Waals surface area contributed by atoms with E-state index in [4.69, 9.17) is 4.74 Å². The molecule has 0 spiro atoms. The van der Waals surface area contributed by atoms with E-state index in [0.29, 0.717) is 12.3 Å². The SMILES string of the molecule is CC(=O)c1cc2c(cnn2COCC[Si](C)(C)C)cc1Br. The Morgan fingerprint density at radius 1 is 1.38 bits per heavy atom. The molecule has 0 aliphatic rings. The van der Waals surface area contributed by atoms with Gasteiger partial charge in [0.05, 0.1) is 11.7 Å². The molecule has 0 saturated heterocycles. The van der Waals surface area contributed by atoms with Crippen LogP contribution in [0.2, 0.25) is 25.7 Å². The normalized spacial score (nSPS) is 12.0. The first kappa shape index (κ1) is 16.4. The molecule has 0 unspecified atom stereocenters. The second-order valence-electron chi connectivity index (χ2n) is 6.44. The Labute approximate surface area is 134 Å². The molecule has 0 saturated carbocycles. The fourth-order valence-electron chi connectivity index (χ4n) is 2.00. The van der Waals surface area contributed by atoms with E-state index in [9.17, 15) is 4.79 Å². The summed E-state index contributed by atoms with van der Waals surface area (Å²) >= 11 is 3.43. The van der Waals surface area contributed by atoms with Crippen LogP contribution in [-0.2, 0) is 11.5 Å². The Kier molecular flexibility index (Phi) is 5.01. The Balaban J connectivity index is 2.14. The molecule has 0 radical (unpaired) electrons. The molecule has 4 nitrogen and oxygen atoms in total. The summed E-state index contributed by atoms with van der Waals surface area (Å²) in [6.45, 7) is 9.74. The molecule has 0 amide bonds. The van der Waals surface area contributed by atoms with Crippen molar-refractivity contribution in [2.45, 2.75) is 39.3 Å². The van der Waals surface area contributed by atoms with Gasteiger partial charge in [0.1, 0.15) is 6.73 Å². The molecule has 6 heteroatoms. The van der Waals surface area contributed by atoms with Crippen molar-refractivity contribution < 1.29 is 9.53 Å². The minimum atomic E-state index is -1.07. The summed E-state index contributed by atoms with van der Waals surface area (Å²) < 4.78 is 8.34. The lowest BCUT2D eigenvalue weighted by Crippen LogP contribution is -2.22. The number of Topliss-reactive ketones (excluding diaryl/α,β-unsaturated/α-hetero) is 1. The molecule has 21 heavy (non-hydrogen) atoms. The number of hydrogen-bond donors (Lipinski definition) is 0. The van der Waals surface area contributed by atoms with Crippen molar-refractivity contribution in [1.82, 2.24) is 9.78 Å². The molecule has 2 aromatic rings. The lowest BCUT2D eigenvalue weighted by Gasteiger charge is -2.15. The van der Waals surface area contributed by atoms with Crippen molar-refractivity contribution in [3.05, 3.63) is 28.4 Å². The Hall–Kier alpha value is -0.983. The lowest BCUT2D eigenvalue weighted by molar-refractivity contribution is 0.0816. The summed E-state index contributed by atoms with van der Waals surface area (Å²) in [5.74, 6) is 0.0381. The van der Waals surface area contributed by atoms with E-state index in [-0.39, 0.29) is 5.78 Å². The van der Waals surface area contributed by atoms with E-state index < -0.39 is 8.07 Å². The van der Waals surface area contributed by atoms with Gasteiger partial charge in [-0.3, -0.25) is 4.79 Å². The Morgan fingerprint density at radius 2 is 2.10 bits per heavy atom. The molecule has 1 heterocycles. The van der Waals surface area contributed by atoms with Gasteiger partial charge in [-0.15, -0.1) is 0 Å². The lowest BCUT2D eigenvalue weighted by atomic mass is 10.1. The molecular weight excluding hydrogens is 348 g/mol. The maximum absolute atomic E-state index is 11.6. The number of ether oxygens (including phenoxy) is 1. The summed E-state index contributed by atoms with van der Waals surface area (Å²) in [4.78, 5) is 11.6. The number of carbonyl (C=O) groups is 1. The molecule has 1 aromatic carbocycles. The fraction of sp³-hybridized carbons (Fsp3) is 0.467. The highest BCUT2D eigenvalue weighted by atomic mass is 79.9. The van der Waals surface area contributed by atoms with Crippen LogP contribution in [0.25, 0.3) is 10.9 Å². The van der Waals surface area contributed by atoms with Gasteiger partial charge in [0.2, 0.25) is 0 Å². The van der Waals surface area contributed by atoms with Gasteiger partial charge in [0.15, 0.2) is 5.78 Å². The predicted octanol–water partition coefficient (Wildman–Crippen LogP) is 4.31. The first-order valence-electron chi connectivity index (χ1n) is 7.02. The predicted molar refractivity (Wildman–Crippen MR) is 91.5 cm³/mol. The van der Waals surface area contributed by atoms with E-state index in [1.165, 1.54) is 0 Å². The number of fused-ring (bicyclic) bond motifs is 1. The van der Waals surface area contributed by atoms with Crippen LogP contribution in [-0.4, -0.2) is 30.2 Å². The number of aromatic nitrogens is 2. The Morgan fingerprint density at radius 3 is 2.71 bits per heavy atom. The highest BCUT2D eigenvalue weighted by Gasteiger charge is 2.13. The smallest absolute Gasteiger partial charge is 0.161 e. The zero-order chi connectivity index (χ0) is 15.6. The number of nitrogens with zero attached hydrogens (tertiary/aromatic N) is 2. The standard InChI is InChI=1S/C15H21BrN2O2Si/c1-11(19)13-8-15-12(7-14(13)16)9-17-18(15)10-20-5-6-21(2,3)4/h7-9H,5-6,10H2,1-4H3. The molecule has 114 valence electrons. The van der Waals surface area contributed by atoms with E-state index in [0.717, 1.165) is 28.0 Å². The van der Waals surface area contributed by atoms with Gasteiger partial charge in [-0.1, -0.05) is 35.6 Å². The van der Waals surface area contributed by atoms with Gasteiger partial charge in [-0.25, -0.2) is 4.68 Å². The van der Waals surface area contributed by atoms with Crippen LogP contribution < -0.4 is 0 Å². The third-order valence-electron chi connectivity index (χ3n) is 3.32. The second-order valence-corrected chi connectivity index (χ2v) is 12.9. The molecule has 1 aromatic heterocycles. The first-order valence-corrected chi connectivity index (χ1v) is 11.5. The molecule has 0 N–H and O–H groups in total. The van der Waals surface area contributed by atoms with Crippen LogP contribution in [0.15, 0.2) is 22.8 Å². The van der Waals surface area contributed by atoms with Gasteiger partial charge < -0.3 is 4.74 Å². The zero-order valence-corrected chi connectivity index (χ0v) is 15.5. The summed E-state index contributed by atoms with van der Waals surface area (Å²) in [7, 11) is -1.07. The van der Waals surface area contributed by atoms with Crippen molar-refractivity contribution >= 4 is 40.7 Å². The number of ketones is 1. The topological polar surface area (TPSA) is 44.1 Å². The van der Waals surface area contributed by atoms with Gasteiger partial charge in [-0.2, -0.15) is 5.10 Å². The minimum Gasteiger partial charge on any atom is -0.360 e. The Bertz CT molecular complexity index is 661. The van der Waals surface area contributed by atoms with Gasteiger partial charge in [-0.05, 0) is 25.1 Å². The highest BCUT2D eigenvalue weighted by molar-refractivity contribution is 9.10. The zero-order valence-electron chi connectivity index (χ0n) is 12.9. The quantitative estimate of drug-likeness (QED) is 0.433. The van der Waals surface area contributed by atoms with Crippen LogP contribution in [0.1, 0.15) is 17.3 Å². The number of rotatable bonds is 6. The summed E-state index contributed by atoms with van der Waals surface area (Å²) in [6.07, 6.45) is 1.80. The van der Waals surface area contributed by atoms with Crippen LogP contribution in [0, 0.1) is 0 Å². The van der Waals surface area contributed by atoms with Crippen molar-refractivity contribution in [2.24, 2.45) is 0 Å². The fourth-order valence-corrected chi connectivity index (χ4v) is 3.40. The third kappa shape index (κ3) is 4.25. The van der Waals surface area contributed by atoms with E-state index in [1.807, 2.05) is 12.1 Å². The molecular formula is C15H21BrN2O2Si. The summed E-state index contributed by atoms with van der Waals surface area (Å²) in [5, 5.41) is 5.34. The van der Waals surface area contributed by atoms with Gasteiger partial charge in [0.25, 0.3) is 0 Å². The van der Waals surface area contributed by atoms with Crippen LogP contribution >= 0.6 is 15.9 Å². The molecule has 0 fully saturated rings. The van der Waals surface area contributed by atoms with Crippen LogP contribution in [0.5, 0.6) is 0 Å². The molecule has 2 rings (SSSR count). The number of hydrogen-bond acceptors (Lipinski definition) is 3. The van der Waals surface area contributed by atoms with Crippen molar-refractivity contribution in [2.75, 3.05) is 6.61 Å². The van der Waals surface area contributed by atoms with Crippen molar-refractivity contribution in [3.8, 4) is 0 Å². The number of carbonyl (C=O) groups excluding carboxylic acids is 1. The average Bonchev–Trinajstić information content (AvgIpc) is 2.74. The number of halogens is 1. The molecule has 0 atom stereocenters. The molecule has 0 aliphatic carbocycles. The van der Waals surface area contributed by atoms with Crippen molar-refractivity contribution in [1.29, 1.82) is 0 Å². The monoisotopic (exact) mass is 368 g/mol. The maximum Gasteiger partial charge on any atom is 0.161 e. The van der Waals surface area contributed by atoms with E-state index in [2.05, 4.69) is 40.7 Å². The van der Waals surface area contributed by atoms with E-state index >= 15 is 0 Å². The van der Waals surface area contributed by atoms with Crippen molar-refractivity contribution in [3.63, 3.8) is 0 Å². The van der Waals surface area contributed by atoms with Crippen LogP contribution in [0.4, 0.5) is 0 Å². The molecule has 0 bridgehead atoms. The summed E-state index contributed by atoms with van der Waals surface area (Å²) in [6, 6.07) is 4.94. The second kappa shape index (κ2) is 6.42. The number of benzene rings is 1. The van der Waals surface area contributed by atoms with Crippen LogP contribution in [0.3, 0.4) is 0 Å². The van der Waals surface area contributed by atoms with Gasteiger partial charge in [0, 0.05) is 30.1 Å². The highest BCUT2D eigenvalue weighted by Crippen LogP contribution is 2.25. The largest absolute Gasteiger partial charge is 0.360 e. The average molecular weight is 369 g/mol. The minimum absolute atomic E-state index is 0.0381. The molecule has 0 aliphatic heterocycles. The summed E-state index contributed by atoms with van der Waals surface area (Å²) in [5.41, 5.74) is 1.60. The first-order chi connectivity index (χ1) is 9.78. The van der Waals surface area contributed by atoms with Gasteiger partial charge >= 0.3 is 0 Å².